The quantitative estimate of drug-likeness (QED) is 0.660. The Hall–Kier alpha value is -0.230. The minimum Gasteiger partial charge on any atom is -0.291 e. The van der Waals surface area contributed by atoms with Crippen molar-refractivity contribution in [2.75, 3.05) is 12.0 Å². The van der Waals surface area contributed by atoms with Crippen LogP contribution in [-0.4, -0.2) is 31.6 Å². The van der Waals surface area contributed by atoms with Crippen LogP contribution in [0.3, 0.4) is 0 Å². The summed E-state index contributed by atoms with van der Waals surface area (Å²) < 4.78 is 44.7. The monoisotopic (exact) mass is 220 g/mol. The molecule has 0 heterocycles. The van der Waals surface area contributed by atoms with Gasteiger partial charge in [0.15, 0.2) is 0 Å². The zero-order valence-electron chi connectivity index (χ0n) is 6.18. The van der Waals surface area contributed by atoms with Crippen LogP contribution in [0, 0.1) is 0 Å². The van der Waals surface area contributed by atoms with Crippen LogP contribution in [0.4, 0.5) is 8.78 Å². The molecule has 0 aliphatic carbocycles. The maximum Gasteiger partial charge on any atom is 0.380 e. The van der Waals surface area contributed by atoms with Crippen molar-refractivity contribution < 1.29 is 22.0 Å². The number of sulfone groups is 1. The van der Waals surface area contributed by atoms with E-state index in [1.807, 2.05) is 0 Å². The number of hydrogen-bond donors (Lipinski definition) is 0. The first-order valence-corrected chi connectivity index (χ1v) is 5.34. The number of ketones is 1. The van der Waals surface area contributed by atoms with Gasteiger partial charge in [0.2, 0.25) is 5.78 Å². The summed E-state index contributed by atoms with van der Waals surface area (Å²) >= 11 is 4.33. The van der Waals surface area contributed by atoms with Crippen LogP contribution in [0.2, 0.25) is 0 Å². The molecule has 12 heavy (non-hydrogen) atoms. The smallest absolute Gasteiger partial charge is 0.291 e. The van der Waals surface area contributed by atoms with Crippen molar-refractivity contribution in [2.24, 2.45) is 0 Å². The number of Topliss-reactive ketones (excluding diaryl/α,β-unsaturated/α-hetero) is 1. The summed E-state index contributed by atoms with van der Waals surface area (Å²) in [5.74, 6) is -2.18. The Balaban J connectivity index is 4.07. The lowest BCUT2D eigenvalue weighted by molar-refractivity contribution is -0.132. The van der Waals surface area contributed by atoms with Crippen molar-refractivity contribution >= 4 is 27.2 Å². The molecule has 0 N–H and O–H groups in total. The summed E-state index contributed by atoms with van der Waals surface area (Å²) in [4.78, 5) is 10.4. The summed E-state index contributed by atoms with van der Waals surface area (Å²) in [6.45, 7) is 0. The van der Waals surface area contributed by atoms with E-state index in [2.05, 4.69) is 11.6 Å². The highest BCUT2D eigenvalue weighted by Gasteiger charge is 2.35. The summed E-state index contributed by atoms with van der Waals surface area (Å²) in [5, 5.41) is -3.95. The molecule has 0 radical (unpaired) electrons. The second-order valence-electron chi connectivity index (χ2n) is 2.30. The standard InChI is InChI=1S/C5H7ClF2O3S/c1-12(10,11)3-2-4(9)5(6,7)8/h2-3H2,1H3. The van der Waals surface area contributed by atoms with E-state index in [4.69, 9.17) is 0 Å². The lowest BCUT2D eigenvalue weighted by Gasteiger charge is -2.04. The third-order valence-corrected chi connectivity index (χ3v) is 2.17. The molecule has 7 heteroatoms. The van der Waals surface area contributed by atoms with Gasteiger partial charge in [0, 0.05) is 12.7 Å². The molecule has 0 unspecified atom stereocenters. The van der Waals surface area contributed by atoms with Crippen LogP contribution in [0.25, 0.3) is 0 Å². The fourth-order valence-corrected chi connectivity index (χ4v) is 1.07. The van der Waals surface area contributed by atoms with Crippen molar-refractivity contribution in [3.05, 3.63) is 0 Å². The van der Waals surface area contributed by atoms with Gasteiger partial charge in [-0.25, -0.2) is 8.42 Å². The first-order valence-electron chi connectivity index (χ1n) is 2.90. The van der Waals surface area contributed by atoms with Crippen LogP contribution in [0.5, 0.6) is 0 Å². The molecule has 0 rings (SSSR count). The molecule has 0 fully saturated rings. The Morgan fingerprint density at radius 1 is 1.50 bits per heavy atom. The van der Waals surface area contributed by atoms with Gasteiger partial charge in [-0.1, -0.05) is 0 Å². The molecule has 0 atom stereocenters. The lowest BCUT2D eigenvalue weighted by Crippen LogP contribution is -2.23. The third-order valence-electron chi connectivity index (χ3n) is 1.02. The first-order chi connectivity index (χ1) is 5.13. The van der Waals surface area contributed by atoms with Crippen LogP contribution >= 0.6 is 11.6 Å². The molecule has 3 nitrogen and oxygen atoms in total. The zero-order valence-corrected chi connectivity index (χ0v) is 7.75. The Morgan fingerprint density at radius 3 is 2.17 bits per heavy atom. The van der Waals surface area contributed by atoms with Crippen molar-refractivity contribution in [2.45, 2.75) is 11.8 Å². The van der Waals surface area contributed by atoms with E-state index in [9.17, 15) is 22.0 Å². The topological polar surface area (TPSA) is 51.2 Å². The molecular formula is C5H7ClF2O3S. The number of carbonyl (C=O) groups is 1. The number of alkyl halides is 3. The summed E-state index contributed by atoms with van der Waals surface area (Å²) in [6, 6.07) is 0. The number of hydrogen-bond acceptors (Lipinski definition) is 3. The van der Waals surface area contributed by atoms with Crippen LogP contribution in [0.1, 0.15) is 6.42 Å². The van der Waals surface area contributed by atoms with Crippen molar-refractivity contribution in [3.8, 4) is 0 Å². The highest BCUT2D eigenvalue weighted by Crippen LogP contribution is 2.21. The second kappa shape index (κ2) is 3.66. The summed E-state index contributed by atoms with van der Waals surface area (Å²) in [6.07, 6.45) is 0.0992. The summed E-state index contributed by atoms with van der Waals surface area (Å²) in [5.41, 5.74) is 0. The van der Waals surface area contributed by atoms with E-state index in [0.29, 0.717) is 0 Å². The maximum atomic E-state index is 11.9. The predicted molar refractivity (Wildman–Crippen MR) is 40.1 cm³/mol. The van der Waals surface area contributed by atoms with Gasteiger partial charge in [0.25, 0.3) is 0 Å². The number of rotatable bonds is 4. The van der Waals surface area contributed by atoms with Crippen molar-refractivity contribution in [1.29, 1.82) is 0 Å². The van der Waals surface area contributed by atoms with Gasteiger partial charge in [-0.05, 0) is 11.6 Å². The molecule has 0 aromatic rings. The van der Waals surface area contributed by atoms with Gasteiger partial charge in [-0.3, -0.25) is 4.79 Å². The third kappa shape index (κ3) is 5.42. The number of halogens is 3. The van der Waals surface area contributed by atoms with Crippen LogP contribution in [0.15, 0.2) is 0 Å². The lowest BCUT2D eigenvalue weighted by atomic mass is 10.3. The SMILES string of the molecule is CS(=O)(=O)CCC(=O)C(F)(F)Cl. The molecule has 0 saturated heterocycles. The molecule has 0 aromatic heterocycles. The van der Waals surface area contributed by atoms with Crippen molar-refractivity contribution in [3.63, 3.8) is 0 Å². The highest BCUT2D eigenvalue weighted by atomic mass is 35.5. The van der Waals surface area contributed by atoms with E-state index in [-0.39, 0.29) is 0 Å². The molecule has 72 valence electrons. The molecule has 0 aromatic carbocycles. The van der Waals surface area contributed by atoms with E-state index in [1.165, 1.54) is 0 Å². The normalized spacial score (nSPS) is 13.0. The van der Waals surface area contributed by atoms with Crippen LogP contribution < -0.4 is 0 Å². The zero-order chi connectivity index (χ0) is 9.99. The molecular weight excluding hydrogens is 214 g/mol. The molecule has 0 aliphatic heterocycles. The molecule has 0 aliphatic rings. The van der Waals surface area contributed by atoms with Gasteiger partial charge < -0.3 is 0 Å². The average molecular weight is 221 g/mol. The fourth-order valence-electron chi connectivity index (χ4n) is 0.420. The Kier molecular flexibility index (Phi) is 3.59. The molecule has 0 amide bonds. The Bertz CT molecular complexity index is 267. The van der Waals surface area contributed by atoms with E-state index in [0.717, 1.165) is 6.26 Å². The number of carbonyl (C=O) groups excluding carboxylic acids is 1. The van der Waals surface area contributed by atoms with E-state index in [1.54, 1.807) is 0 Å². The van der Waals surface area contributed by atoms with Gasteiger partial charge in [0.05, 0.1) is 5.75 Å². The van der Waals surface area contributed by atoms with Crippen LogP contribution in [-0.2, 0) is 14.6 Å². The predicted octanol–water partition coefficient (Wildman–Crippen LogP) is 0.822. The molecule has 0 saturated carbocycles. The van der Waals surface area contributed by atoms with E-state index >= 15 is 0 Å². The minimum absolute atomic E-state index is 0.603. The molecule has 0 bridgehead atoms. The van der Waals surface area contributed by atoms with E-state index < -0.39 is 33.2 Å². The largest absolute Gasteiger partial charge is 0.380 e. The Morgan fingerprint density at radius 2 is 1.92 bits per heavy atom. The molecule has 0 spiro atoms. The Labute approximate surface area is 73.6 Å². The minimum atomic E-state index is -3.95. The summed E-state index contributed by atoms with van der Waals surface area (Å²) in [7, 11) is -3.39. The highest BCUT2D eigenvalue weighted by molar-refractivity contribution is 7.90. The van der Waals surface area contributed by atoms with Gasteiger partial charge in [-0.15, -0.1) is 0 Å². The maximum absolute atomic E-state index is 11.9. The first kappa shape index (κ1) is 11.8. The fraction of sp³-hybridized carbons (Fsp3) is 0.800. The average Bonchev–Trinajstić information content (AvgIpc) is 1.78. The van der Waals surface area contributed by atoms with Gasteiger partial charge in [0.1, 0.15) is 9.84 Å². The van der Waals surface area contributed by atoms with Gasteiger partial charge >= 0.3 is 5.38 Å². The van der Waals surface area contributed by atoms with Gasteiger partial charge in [-0.2, -0.15) is 8.78 Å². The van der Waals surface area contributed by atoms with Crippen molar-refractivity contribution in [1.82, 2.24) is 0 Å². The second-order valence-corrected chi connectivity index (χ2v) is 5.04.